The van der Waals surface area contributed by atoms with Gasteiger partial charge in [-0.1, -0.05) is 44.6 Å². The first-order chi connectivity index (χ1) is 15.2. The lowest BCUT2D eigenvalue weighted by Crippen LogP contribution is -2.58. The molecule has 8 heteroatoms. The first kappa shape index (κ1) is 23.4. The maximum Gasteiger partial charge on any atom is 0.247 e. The predicted molar refractivity (Wildman–Crippen MR) is 125 cm³/mol. The molecule has 32 heavy (non-hydrogen) atoms. The number of amides is 3. The fourth-order valence-corrected chi connectivity index (χ4v) is 7.85. The molecule has 7 nitrogen and oxygen atoms in total. The van der Waals surface area contributed by atoms with Crippen LogP contribution in [0.5, 0.6) is 0 Å². The molecule has 0 aromatic carbocycles. The van der Waals surface area contributed by atoms with Crippen LogP contribution >= 0.6 is 11.8 Å². The van der Waals surface area contributed by atoms with E-state index in [1.54, 1.807) is 28.6 Å². The number of nitrogens with zero attached hydrogens (tertiary/aromatic N) is 3. The van der Waals surface area contributed by atoms with Crippen LogP contribution in [0.25, 0.3) is 0 Å². The quantitative estimate of drug-likeness (QED) is 0.628. The van der Waals surface area contributed by atoms with E-state index < -0.39 is 28.7 Å². The van der Waals surface area contributed by atoms with Gasteiger partial charge in [0.05, 0.1) is 29.2 Å². The number of hydrogen-bond donors (Lipinski definition) is 1. The van der Waals surface area contributed by atoms with Crippen molar-refractivity contribution in [2.24, 2.45) is 17.8 Å². The number of carbonyl (C=O) groups is 3. The molecule has 1 spiro atoms. The molecule has 0 bridgehead atoms. The normalized spacial score (nSPS) is 36.2. The van der Waals surface area contributed by atoms with Crippen molar-refractivity contribution < 1.29 is 19.5 Å². The Morgan fingerprint density at radius 2 is 1.84 bits per heavy atom. The molecule has 0 radical (unpaired) electrons. The van der Waals surface area contributed by atoms with E-state index >= 15 is 0 Å². The standard InChI is InChI=1S/C24H35N3O4S/c1-6-15(4)16(13-28)27-20-23(31)26(14(2)3)12-8-10-24(20)19(22(27)30)18-17(32-24)9-7-11-25(5)21(18)29/h7-10,14-20,28H,6,11-13H2,1-5H3/t15-,16-,17+,18-,19-,20?,24-/m0/s1. The predicted octanol–water partition coefficient (Wildman–Crippen LogP) is 1.53. The number of hydrogen-bond acceptors (Lipinski definition) is 5. The average molecular weight is 462 g/mol. The lowest BCUT2D eigenvalue weighted by atomic mass is 9.78. The second-order valence-electron chi connectivity index (χ2n) is 9.86. The Hall–Kier alpha value is -1.80. The number of aliphatic hydroxyl groups excluding tert-OH is 1. The van der Waals surface area contributed by atoms with Crippen molar-refractivity contribution in [3.05, 3.63) is 24.3 Å². The second kappa shape index (κ2) is 8.52. The molecule has 176 valence electrons. The van der Waals surface area contributed by atoms with Crippen LogP contribution in [0, 0.1) is 17.8 Å². The van der Waals surface area contributed by atoms with E-state index in [0.29, 0.717) is 13.1 Å². The van der Waals surface area contributed by atoms with Crippen LogP contribution in [0.4, 0.5) is 0 Å². The topological polar surface area (TPSA) is 81.2 Å². The Balaban J connectivity index is 1.89. The second-order valence-corrected chi connectivity index (χ2v) is 11.3. The number of fused-ring (bicyclic) bond motifs is 2. The van der Waals surface area contributed by atoms with Crippen LogP contribution in [0.1, 0.15) is 34.1 Å². The largest absolute Gasteiger partial charge is 0.394 e. The molecule has 1 N–H and O–H groups in total. The van der Waals surface area contributed by atoms with Gasteiger partial charge in [0.1, 0.15) is 6.04 Å². The van der Waals surface area contributed by atoms with Crippen molar-refractivity contribution in [2.75, 3.05) is 26.7 Å². The van der Waals surface area contributed by atoms with Crippen LogP contribution in [-0.2, 0) is 14.4 Å². The van der Waals surface area contributed by atoms with E-state index in [2.05, 4.69) is 0 Å². The highest BCUT2D eigenvalue weighted by atomic mass is 32.2. The zero-order valence-electron chi connectivity index (χ0n) is 19.6. The monoisotopic (exact) mass is 461 g/mol. The van der Waals surface area contributed by atoms with Gasteiger partial charge in [0.15, 0.2) is 0 Å². The molecule has 7 atom stereocenters. The van der Waals surface area contributed by atoms with Gasteiger partial charge in [0.2, 0.25) is 17.7 Å². The van der Waals surface area contributed by atoms with E-state index in [9.17, 15) is 19.5 Å². The maximum atomic E-state index is 14.1. The molecule has 4 heterocycles. The summed E-state index contributed by atoms with van der Waals surface area (Å²) in [6.45, 7) is 8.80. The van der Waals surface area contributed by atoms with Crippen molar-refractivity contribution in [1.82, 2.24) is 14.7 Å². The summed E-state index contributed by atoms with van der Waals surface area (Å²) in [6.07, 6.45) is 8.84. The summed E-state index contributed by atoms with van der Waals surface area (Å²) in [6, 6.07) is -1.20. The van der Waals surface area contributed by atoms with Crippen LogP contribution in [0.3, 0.4) is 0 Å². The van der Waals surface area contributed by atoms with Crippen molar-refractivity contribution in [2.45, 2.75) is 62.2 Å². The maximum absolute atomic E-state index is 14.1. The van der Waals surface area contributed by atoms with Crippen LogP contribution < -0.4 is 0 Å². The molecule has 0 aromatic heterocycles. The van der Waals surface area contributed by atoms with Gasteiger partial charge >= 0.3 is 0 Å². The number of thioether (sulfide) groups is 1. The lowest BCUT2D eigenvalue weighted by Gasteiger charge is -2.41. The zero-order chi connectivity index (χ0) is 23.4. The minimum Gasteiger partial charge on any atom is -0.394 e. The van der Waals surface area contributed by atoms with E-state index in [-0.39, 0.29) is 41.5 Å². The van der Waals surface area contributed by atoms with Crippen LogP contribution in [-0.4, -0.2) is 92.4 Å². The SMILES string of the molecule is CC[C@H](C)[C@H](CO)N1C(=O)[C@@H]2[C@H]3C(=O)N(C)CC=C[C@H]3S[C@@]23C=CCN(C(C)C)C(=O)C13. The van der Waals surface area contributed by atoms with E-state index in [0.717, 1.165) is 6.42 Å². The third-order valence-electron chi connectivity index (χ3n) is 7.80. The molecule has 4 aliphatic heterocycles. The minimum atomic E-state index is -0.813. The Morgan fingerprint density at radius 1 is 1.12 bits per heavy atom. The first-order valence-electron chi connectivity index (χ1n) is 11.7. The number of likely N-dealkylation sites (N-methyl/N-ethyl adjacent to an activating group) is 1. The third-order valence-corrected chi connectivity index (χ3v) is 9.54. The lowest BCUT2D eigenvalue weighted by molar-refractivity contribution is -0.148. The van der Waals surface area contributed by atoms with Gasteiger partial charge < -0.3 is 19.8 Å². The van der Waals surface area contributed by atoms with E-state index in [1.165, 1.54) is 0 Å². The van der Waals surface area contributed by atoms with Gasteiger partial charge in [-0.25, -0.2) is 0 Å². The van der Waals surface area contributed by atoms with Crippen LogP contribution in [0.2, 0.25) is 0 Å². The van der Waals surface area contributed by atoms with Gasteiger partial charge in [-0.05, 0) is 19.8 Å². The summed E-state index contributed by atoms with van der Waals surface area (Å²) in [5.74, 6) is -1.40. The summed E-state index contributed by atoms with van der Waals surface area (Å²) in [4.78, 5) is 46.7. The zero-order valence-corrected chi connectivity index (χ0v) is 20.4. The number of likely N-dealkylation sites (tertiary alicyclic amines) is 1. The Labute approximate surface area is 194 Å². The third kappa shape index (κ3) is 3.24. The summed E-state index contributed by atoms with van der Waals surface area (Å²) in [5, 5.41) is 10.2. The molecule has 0 aromatic rings. The number of carbonyl (C=O) groups excluding carboxylic acids is 3. The van der Waals surface area contributed by atoms with Gasteiger partial charge in [-0.3, -0.25) is 14.4 Å². The fraction of sp³-hybridized carbons (Fsp3) is 0.708. The highest BCUT2D eigenvalue weighted by Gasteiger charge is 2.71. The summed E-state index contributed by atoms with van der Waals surface area (Å²) in [7, 11) is 1.77. The highest BCUT2D eigenvalue weighted by molar-refractivity contribution is 8.02. The molecule has 2 fully saturated rings. The van der Waals surface area contributed by atoms with Gasteiger partial charge in [0.25, 0.3) is 0 Å². The Morgan fingerprint density at radius 3 is 2.47 bits per heavy atom. The Bertz CT molecular complexity index is 858. The molecule has 0 aliphatic carbocycles. The molecule has 0 saturated carbocycles. The molecule has 3 amide bonds. The number of aliphatic hydroxyl groups is 1. The summed E-state index contributed by atoms with van der Waals surface area (Å²) >= 11 is 1.59. The highest BCUT2D eigenvalue weighted by Crippen LogP contribution is 2.61. The van der Waals surface area contributed by atoms with Crippen molar-refractivity contribution in [3.63, 3.8) is 0 Å². The smallest absolute Gasteiger partial charge is 0.247 e. The minimum absolute atomic E-state index is 0.0148. The molecule has 1 unspecified atom stereocenters. The first-order valence-corrected chi connectivity index (χ1v) is 12.6. The van der Waals surface area contributed by atoms with Gasteiger partial charge in [0, 0.05) is 31.4 Å². The molecule has 2 saturated heterocycles. The average Bonchev–Trinajstić information content (AvgIpc) is 3.08. The molecular weight excluding hydrogens is 426 g/mol. The number of rotatable bonds is 5. The fourth-order valence-electron chi connectivity index (χ4n) is 5.86. The van der Waals surface area contributed by atoms with Crippen molar-refractivity contribution >= 4 is 29.5 Å². The Kier molecular flexibility index (Phi) is 6.22. The van der Waals surface area contributed by atoms with Gasteiger partial charge in [-0.2, -0.15) is 0 Å². The summed E-state index contributed by atoms with van der Waals surface area (Å²) < 4.78 is -0.813. The van der Waals surface area contributed by atoms with Gasteiger partial charge in [-0.15, -0.1) is 11.8 Å². The molecule has 4 rings (SSSR count). The van der Waals surface area contributed by atoms with Crippen molar-refractivity contribution in [3.8, 4) is 0 Å². The molecular formula is C24H35N3O4S. The van der Waals surface area contributed by atoms with Crippen molar-refractivity contribution in [1.29, 1.82) is 0 Å². The van der Waals surface area contributed by atoms with Crippen LogP contribution in [0.15, 0.2) is 24.3 Å². The van der Waals surface area contributed by atoms with E-state index in [1.807, 2.05) is 56.9 Å². The van der Waals surface area contributed by atoms with E-state index in [4.69, 9.17) is 0 Å². The summed E-state index contributed by atoms with van der Waals surface area (Å²) in [5.41, 5.74) is 0. The molecule has 4 aliphatic rings.